The molecule has 2 N–H and O–H groups in total. The molecule has 0 amide bonds. The number of hydrogen-bond acceptors (Lipinski definition) is 3. The van der Waals surface area contributed by atoms with Crippen molar-refractivity contribution in [2.75, 3.05) is 13.6 Å². The number of aliphatic imine (C=N–C) groups is 1. The fraction of sp³-hybridized carbons (Fsp3) is 0.467. The van der Waals surface area contributed by atoms with Crippen LogP contribution in [0.25, 0.3) is 0 Å². The van der Waals surface area contributed by atoms with Gasteiger partial charge in [-0.1, -0.05) is 23.2 Å². The van der Waals surface area contributed by atoms with E-state index in [2.05, 4.69) is 27.5 Å². The van der Waals surface area contributed by atoms with E-state index in [4.69, 9.17) is 23.2 Å². The van der Waals surface area contributed by atoms with Crippen LogP contribution in [-0.2, 0) is 20.0 Å². The first-order chi connectivity index (χ1) is 10.9. The summed E-state index contributed by atoms with van der Waals surface area (Å²) in [5, 5.41) is 8.78. The zero-order chi connectivity index (χ0) is 17.0. The standard InChI is InChI=1S/C15H21Cl2N5S.HI/c1-9-13(23-10(2)21-9)5-6-19-15(18-3)20-8-11-7-12(16)14(17)22(11)4;/h7H,5-6,8H2,1-4H3,(H2,18,19,20);1H. The van der Waals surface area contributed by atoms with Crippen LogP contribution >= 0.6 is 58.5 Å². The summed E-state index contributed by atoms with van der Waals surface area (Å²) in [4.78, 5) is 9.98. The molecule has 0 saturated heterocycles. The molecule has 0 aliphatic carbocycles. The highest BCUT2D eigenvalue weighted by atomic mass is 127. The summed E-state index contributed by atoms with van der Waals surface area (Å²) in [7, 11) is 3.64. The summed E-state index contributed by atoms with van der Waals surface area (Å²) in [5.41, 5.74) is 2.11. The van der Waals surface area contributed by atoms with Gasteiger partial charge in [-0.3, -0.25) is 4.99 Å². The van der Waals surface area contributed by atoms with Crippen molar-refractivity contribution < 1.29 is 0 Å². The summed E-state index contributed by atoms with van der Waals surface area (Å²) in [5.74, 6) is 0.748. The predicted molar refractivity (Wildman–Crippen MR) is 114 cm³/mol. The van der Waals surface area contributed by atoms with Crippen molar-refractivity contribution in [1.29, 1.82) is 0 Å². The summed E-state index contributed by atoms with van der Waals surface area (Å²) >= 11 is 13.8. The van der Waals surface area contributed by atoms with Gasteiger partial charge in [-0.25, -0.2) is 4.98 Å². The number of thiazole rings is 1. The van der Waals surface area contributed by atoms with E-state index in [0.29, 0.717) is 16.7 Å². The van der Waals surface area contributed by atoms with Gasteiger partial charge in [-0.05, 0) is 19.9 Å². The molecule has 9 heteroatoms. The Labute approximate surface area is 173 Å². The molecule has 5 nitrogen and oxygen atoms in total. The van der Waals surface area contributed by atoms with Crippen molar-refractivity contribution in [3.05, 3.63) is 37.5 Å². The lowest BCUT2D eigenvalue weighted by Crippen LogP contribution is -2.38. The van der Waals surface area contributed by atoms with Gasteiger partial charge in [0, 0.05) is 37.6 Å². The van der Waals surface area contributed by atoms with Crippen molar-refractivity contribution in [3.8, 4) is 0 Å². The molecule has 0 saturated carbocycles. The number of guanidine groups is 1. The van der Waals surface area contributed by atoms with Crippen LogP contribution in [0.3, 0.4) is 0 Å². The highest BCUT2D eigenvalue weighted by molar-refractivity contribution is 14.0. The molecule has 0 unspecified atom stereocenters. The molecule has 0 radical (unpaired) electrons. The monoisotopic (exact) mass is 501 g/mol. The van der Waals surface area contributed by atoms with E-state index >= 15 is 0 Å². The summed E-state index contributed by atoms with van der Waals surface area (Å²) in [6.07, 6.45) is 0.930. The third-order valence-corrected chi connectivity index (χ3v) is 5.50. The Morgan fingerprint density at radius 2 is 2.04 bits per heavy atom. The molecule has 2 rings (SSSR count). The second-order valence-corrected chi connectivity index (χ2v) is 7.23. The minimum Gasteiger partial charge on any atom is -0.356 e. The van der Waals surface area contributed by atoms with Crippen molar-refractivity contribution in [2.24, 2.45) is 12.0 Å². The maximum Gasteiger partial charge on any atom is 0.191 e. The highest BCUT2D eigenvalue weighted by Gasteiger charge is 2.09. The van der Waals surface area contributed by atoms with E-state index in [1.54, 1.807) is 18.4 Å². The van der Waals surface area contributed by atoms with Gasteiger partial charge < -0.3 is 15.2 Å². The van der Waals surface area contributed by atoms with Gasteiger partial charge in [0.2, 0.25) is 0 Å². The third-order valence-electron chi connectivity index (χ3n) is 3.52. The first-order valence-corrected chi connectivity index (χ1v) is 8.86. The Kier molecular flexibility index (Phi) is 8.83. The van der Waals surface area contributed by atoms with Crippen LogP contribution in [0.15, 0.2) is 11.1 Å². The Hall–Kier alpha value is -0.510. The summed E-state index contributed by atoms with van der Waals surface area (Å²) < 4.78 is 1.85. The molecule has 0 atom stereocenters. The smallest absolute Gasteiger partial charge is 0.191 e. The molecular formula is C15H22Cl2IN5S. The Morgan fingerprint density at radius 1 is 1.33 bits per heavy atom. The molecular weight excluding hydrogens is 480 g/mol. The van der Waals surface area contributed by atoms with Gasteiger partial charge >= 0.3 is 0 Å². The molecule has 0 fully saturated rings. The predicted octanol–water partition coefficient (Wildman–Crippen LogP) is 3.93. The van der Waals surface area contributed by atoms with Gasteiger partial charge in [0.1, 0.15) is 5.15 Å². The van der Waals surface area contributed by atoms with Crippen molar-refractivity contribution >= 4 is 64.5 Å². The maximum atomic E-state index is 6.07. The fourth-order valence-corrected chi connectivity index (χ4v) is 3.61. The lowest BCUT2D eigenvalue weighted by Gasteiger charge is -2.12. The van der Waals surface area contributed by atoms with E-state index in [9.17, 15) is 0 Å². The van der Waals surface area contributed by atoms with Gasteiger partial charge in [-0.2, -0.15) is 0 Å². The van der Waals surface area contributed by atoms with Crippen LogP contribution in [0.2, 0.25) is 10.2 Å². The van der Waals surface area contributed by atoms with Crippen LogP contribution in [-0.4, -0.2) is 29.1 Å². The Balaban J connectivity index is 0.00000288. The minimum atomic E-state index is 0. The number of aromatic nitrogens is 2. The van der Waals surface area contributed by atoms with E-state index in [1.165, 1.54) is 4.88 Å². The van der Waals surface area contributed by atoms with E-state index in [-0.39, 0.29) is 24.0 Å². The van der Waals surface area contributed by atoms with Gasteiger partial charge in [-0.15, -0.1) is 35.3 Å². The van der Waals surface area contributed by atoms with E-state index in [1.807, 2.05) is 24.6 Å². The zero-order valence-corrected chi connectivity index (χ0v) is 18.8. The highest BCUT2D eigenvalue weighted by Crippen LogP contribution is 2.24. The number of nitrogens with one attached hydrogen (secondary N) is 2. The molecule has 24 heavy (non-hydrogen) atoms. The molecule has 0 aliphatic heterocycles. The van der Waals surface area contributed by atoms with E-state index < -0.39 is 0 Å². The molecule has 2 heterocycles. The average Bonchev–Trinajstić information content (AvgIpc) is 2.96. The summed E-state index contributed by atoms with van der Waals surface area (Å²) in [6.45, 7) is 5.48. The molecule has 0 aliphatic rings. The van der Waals surface area contributed by atoms with Crippen LogP contribution in [0, 0.1) is 13.8 Å². The lowest BCUT2D eigenvalue weighted by atomic mass is 10.3. The summed E-state index contributed by atoms with van der Waals surface area (Å²) in [6, 6.07) is 1.85. The van der Waals surface area contributed by atoms with Gasteiger partial charge in [0.05, 0.1) is 22.3 Å². The lowest BCUT2D eigenvalue weighted by molar-refractivity contribution is 0.747. The molecule has 2 aromatic rings. The molecule has 0 aromatic carbocycles. The maximum absolute atomic E-state index is 6.07. The molecule has 134 valence electrons. The van der Waals surface area contributed by atoms with Gasteiger partial charge in [0.15, 0.2) is 5.96 Å². The topological polar surface area (TPSA) is 54.2 Å². The largest absolute Gasteiger partial charge is 0.356 e. The molecule has 0 bridgehead atoms. The van der Waals surface area contributed by atoms with E-state index in [0.717, 1.165) is 35.3 Å². The molecule has 2 aromatic heterocycles. The number of aryl methyl sites for hydroxylation is 2. The van der Waals surface area contributed by atoms with Crippen LogP contribution in [0.5, 0.6) is 0 Å². The van der Waals surface area contributed by atoms with Crippen LogP contribution in [0.1, 0.15) is 21.3 Å². The minimum absolute atomic E-state index is 0. The average molecular weight is 502 g/mol. The molecule has 0 spiro atoms. The Bertz CT molecular complexity index is 711. The number of halogens is 3. The normalized spacial score (nSPS) is 11.3. The quantitative estimate of drug-likeness (QED) is 0.370. The third kappa shape index (κ3) is 5.50. The second-order valence-electron chi connectivity index (χ2n) is 5.18. The van der Waals surface area contributed by atoms with Gasteiger partial charge in [0.25, 0.3) is 0 Å². The number of rotatable bonds is 5. The van der Waals surface area contributed by atoms with Crippen LogP contribution in [0.4, 0.5) is 0 Å². The SMILES string of the molecule is CN=C(NCCc1sc(C)nc1C)NCc1cc(Cl)c(Cl)n1C.I. The first-order valence-electron chi connectivity index (χ1n) is 7.29. The van der Waals surface area contributed by atoms with Crippen LogP contribution < -0.4 is 10.6 Å². The number of nitrogens with zero attached hydrogens (tertiary/aromatic N) is 3. The van der Waals surface area contributed by atoms with Crippen molar-refractivity contribution in [2.45, 2.75) is 26.8 Å². The van der Waals surface area contributed by atoms with Crippen molar-refractivity contribution in [3.63, 3.8) is 0 Å². The second kappa shape index (κ2) is 9.84. The van der Waals surface area contributed by atoms with Crippen molar-refractivity contribution in [1.82, 2.24) is 20.2 Å². The Morgan fingerprint density at radius 3 is 2.54 bits per heavy atom. The number of hydrogen-bond donors (Lipinski definition) is 2. The fourth-order valence-electron chi connectivity index (χ4n) is 2.25. The zero-order valence-electron chi connectivity index (χ0n) is 14.1. The first kappa shape index (κ1) is 21.5.